The molecule has 0 aliphatic rings. The van der Waals surface area contributed by atoms with Gasteiger partial charge in [-0.1, -0.05) is 48.0 Å². The van der Waals surface area contributed by atoms with Crippen LogP contribution in [0.5, 0.6) is 5.75 Å². The van der Waals surface area contributed by atoms with Gasteiger partial charge in [-0.3, -0.25) is 4.79 Å². The average molecular weight is 362 g/mol. The quantitative estimate of drug-likeness (QED) is 0.822. The molecule has 0 aliphatic heterocycles. The van der Waals surface area contributed by atoms with Crippen LogP contribution in [0, 0.1) is 6.92 Å². The maximum atomic E-state index is 12.0. The molecule has 22 heavy (non-hydrogen) atoms. The summed E-state index contributed by atoms with van der Waals surface area (Å²) >= 11 is 3.38. The topological polar surface area (TPSA) is 38.3 Å². The molecule has 116 valence electrons. The minimum atomic E-state index is -0.172. The highest BCUT2D eigenvalue weighted by Gasteiger charge is 2.10. The van der Waals surface area contributed by atoms with E-state index in [4.69, 9.17) is 4.74 Å². The molecule has 0 spiro atoms. The third-order valence-corrected chi connectivity index (χ3v) is 3.75. The summed E-state index contributed by atoms with van der Waals surface area (Å²) in [4.78, 5) is 12.0. The van der Waals surface area contributed by atoms with E-state index in [1.54, 1.807) is 0 Å². The lowest BCUT2D eigenvalue weighted by Gasteiger charge is -2.15. The molecule has 0 aromatic heterocycles. The van der Waals surface area contributed by atoms with Gasteiger partial charge in [0.2, 0.25) is 0 Å². The second-order valence-electron chi connectivity index (χ2n) is 5.54. The number of amides is 1. The Balaban J connectivity index is 2.01. The molecule has 3 nitrogen and oxygen atoms in total. The first-order chi connectivity index (χ1) is 10.5. The number of ether oxygens (including phenoxy) is 1. The molecule has 4 heteroatoms. The number of anilines is 1. The van der Waals surface area contributed by atoms with Gasteiger partial charge in [0.05, 0.1) is 0 Å². The first-order valence-corrected chi connectivity index (χ1v) is 8.04. The maximum absolute atomic E-state index is 12.0. The second kappa shape index (κ2) is 7.45. The number of benzene rings is 2. The lowest BCUT2D eigenvalue weighted by Crippen LogP contribution is -2.20. The van der Waals surface area contributed by atoms with Gasteiger partial charge < -0.3 is 10.1 Å². The highest BCUT2D eigenvalue weighted by molar-refractivity contribution is 9.10. The molecule has 0 radical (unpaired) electrons. The summed E-state index contributed by atoms with van der Waals surface area (Å²) in [5.41, 5.74) is 2.98. The molecule has 2 aromatic rings. The van der Waals surface area contributed by atoms with Crippen molar-refractivity contribution in [3.05, 3.63) is 58.1 Å². The molecular weight excluding hydrogens is 342 g/mol. The molecule has 0 heterocycles. The molecule has 1 amide bonds. The van der Waals surface area contributed by atoms with Crippen LogP contribution in [0.4, 0.5) is 5.69 Å². The Morgan fingerprint density at radius 1 is 1.23 bits per heavy atom. The molecule has 0 fully saturated rings. The van der Waals surface area contributed by atoms with Crippen LogP contribution in [0.25, 0.3) is 0 Å². The molecule has 0 saturated heterocycles. The number of aryl methyl sites for hydroxylation is 1. The zero-order valence-electron chi connectivity index (χ0n) is 13.0. The van der Waals surface area contributed by atoms with Crippen LogP contribution in [0.1, 0.15) is 30.9 Å². The Kier molecular flexibility index (Phi) is 5.61. The molecule has 0 saturated carbocycles. The Hall–Kier alpha value is -1.81. The van der Waals surface area contributed by atoms with Crippen molar-refractivity contribution < 1.29 is 9.53 Å². The summed E-state index contributed by atoms with van der Waals surface area (Å²) in [6, 6.07) is 13.6. The fourth-order valence-corrected chi connectivity index (χ4v) is 2.55. The number of halogens is 1. The third kappa shape index (κ3) is 4.60. The molecule has 0 atom stereocenters. The Morgan fingerprint density at radius 3 is 2.68 bits per heavy atom. The summed E-state index contributed by atoms with van der Waals surface area (Å²) in [7, 11) is 0. The van der Waals surface area contributed by atoms with Crippen LogP contribution >= 0.6 is 15.9 Å². The summed E-state index contributed by atoms with van der Waals surface area (Å²) in [6.07, 6.45) is 0. The van der Waals surface area contributed by atoms with E-state index in [9.17, 15) is 4.79 Å². The number of carbonyl (C=O) groups excluding carboxylic acids is 1. The first-order valence-electron chi connectivity index (χ1n) is 7.24. The van der Waals surface area contributed by atoms with Gasteiger partial charge in [0, 0.05) is 10.2 Å². The lowest BCUT2D eigenvalue weighted by atomic mass is 10.0. The van der Waals surface area contributed by atoms with Crippen LogP contribution < -0.4 is 10.1 Å². The van der Waals surface area contributed by atoms with E-state index in [1.807, 2.05) is 37.3 Å². The fraction of sp³-hybridized carbons (Fsp3) is 0.278. The predicted octanol–water partition coefficient (Wildman–Crippen LogP) is 4.90. The van der Waals surface area contributed by atoms with Gasteiger partial charge in [-0.15, -0.1) is 0 Å². The van der Waals surface area contributed by atoms with Gasteiger partial charge in [0.25, 0.3) is 5.91 Å². The summed E-state index contributed by atoms with van der Waals surface area (Å²) in [5.74, 6) is 0.956. The van der Waals surface area contributed by atoms with Gasteiger partial charge in [-0.05, 0) is 48.2 Å². The van der Waals surface area contributed by atoms with Crippen molar-refractivity contribution in [2.75, 3.05) is 11.9 Å². The minimum Gasteiger partial charge on any atom is -0.483 e. The van der Waals surface area contributed by atoms with E-state index in [-0.39, 0.29) is 12.5 Å². The SMILES string of the molecule is Cc1ccc(C(C)C)c(OCC(=O)Nc2cccc(Br)c2)c1. The second-order valence-corrected chi connectivity index (χ2v) is 6.46. The third-order valence-electron chi connectivity index (χ3n) is 3.26. The van der Waals surface area contributed by atoms with Crippen LogP contribution in [-0.2, 0) is 4.79 Å². The van der Waals surface area contributed by atoms with Crippen molar-refractivity contribution in [2.45, 2.75) is 26.7 Å². The fourth-order valence-electron chi connectivity index (χ4n) is 2.15. The van der Waals surface area contributed by atoms with Crippen molar-refractivity contribution >= 4 is 27.5 Å². The molecule has 0 aliphatic carbocycles. The van der Waals surface area contributed by atoms with Crippen LogP contribution in [0.15, 0.2) is 46.9 Å². The predicted molar refractivity (Wildman–Crippen MR) is 93.5 cm³/mol. The summed E-state index contributed by atoms with van der Waals surface area (Å²) in [5, 5.41) is 2.82. The summed E-state index contributed by atoms with van der Waals surface area (Å²) < 4.78 is 6.64. The first kappa shape index (κ1) is 16.6. The van der Waals surface area contributed by atoms with Crippen molar-refractivity contribution in [2.24, 2.45) is 0 Å². The number of carbonyl (C=O) groups is 1. The van der Waals surface area contributed by atoms with Crippen molar-refractivity contribution in [1.29, 1.82) is 0 Å². The number of hydrogen-bond donors (Lipinski definition) is 1. The molecule has 0 unspecified atom stereocenters. The highest BCUT2D eigenvalue weighted by Crippen LogP contribution is 2.27. The Morgan fingerprint density at radius 2 is 2.00 bits per heavy atom. The van der Waals surface area contributed by atoms with Gasteiger partial charge in [-0.25, -0.2) is 0 Å². The van der Waals surface area contributed by atoms with Crippen molar-refractivity contribution in [3.8, 4) is 5.75 Å². The van der Waals surface area contributed by atoms with E-state index in [2.05, 4.69) is 47.2 Å². The number of hydrogen-bond acceptors (Lipinski definition) is 2. The molecule has 2 rings (SSSR count). The number of rotatable bonds is 5. The Bertz CT molecular complexity index is 668. The molecule has 0 bridgehead atoms. The lowest BCUT2D eigenvalue weighted by molar-refractivity contribution is -0.118. The van der Waals surface area contributed by atoms with Gasteiger partial charge in [-0.2, -0.15) is 0 Å². The van der Waals surface area contributed by atoms with E-state index in [1.165, 1.54) is 0 Å². The van der Waals surface area contributed by atoms with E-state index in [0.29, 0.717) is 5.92 Å². The zero-order chi connectivity index (χ0) is 16.1. The van der Waals surface area contributed by atoms with Gasteiger partial charge in [0.15, 0.2) is 6.61 Å². The van der Waals surface area contributed by atoms with Crippen molar-refractivity contribution in [1.82, 2.24) is 0 Å². The van der Waals surface area contributed by atoms with Crippen LogP contribution in [-0.4, -0.2) is 12.5 Å². The zero-order valence-corrected chi connectivity index (χ0v) is 14.6. The standard InChI is InChI=1S/C18H20BrNO2/c1-12(2)16-8-7-13(3)9-17(16)22-11-18(21)20-15-6-4-5-14(19)10-15/h4-10,12H,11H2,1-3H3,(H,20,21). The molecule has 1 N–H and O–H groups in total. The van der Waals surface area contributed by atoms with Crippen LogP contribution in [0.2, 0.25) is 0 Å². The van der Waals surface area contributed by atoms with E-state index >= 15 is 0 Å². The maximum Gasteiger partial charge on any atom is 0.262 e. The van der Waals surface area contributed by atoms with E-state index < -0.39 is 0 Å². The molecule has 2 aromatic carbocycles. The largest absolute Gasteiger partial charge is 0.483 e. The smallest absolute Gasteiger partial charge is 0.262 e. The minimum absolute atomic E-state index is 0.00428. The van der Waals surface area contributed by atoms with E-state index in [0.717, 1.165) is 27.0 Å². The normalized spacial score (nSPS) is 10.6. The molecular formula is C18H20BrNO2. The Labute approximate surface area is 139 Å². The van der Waals surface area contributed by atoms with Crippen LogP contribution in [0.3, 0.4) is 0 Å². The average Bonchev–Trinajstić information content (AvgIpc) is 2.45. The highest BCUT2D eigenvalue weighted by atomic mass is 79.9. The van der Waals surface area contributed by atoms with Gasteiger partial charge >= 0.3 is 0 Å². The van der Waals surface area contributed by atoms with Gasteiger partial charge in [0.1, 0.15) is 5.75 Å². The summed E-state index contributed by atoms with van der Waals surface area (Å²) in [6.45, 7) is 6.23. The number of nitrogens with one attached hydrogen (secondary N) is 1. The van der Waals surface area contributed by atoms with Crippen molar-refractivity contribution in [3.63, 3.8) is 0 Å². The monoisotopic (exact) mass is 361 g/mol.